The second kappa shape index (κ2) is 9.49. The number of nitrogens with one attached hydrogen (secondary N) is 1. The first-order valence-corrected chi connectivity index (χ1v) is 11.2. The zero-order chi connectivity index (χ0) is 25.2. The monoisotopic (exact) mass is 498 g/mol. The van der Waals surface area contributed by atoms with Gasteiger partial charge in [0.25, 0.3) is 0 Å². The van der Waals surface area contributed by atoms with Gasteiger partial charge < -0.3 is 19.9 Å². The summed E-state index contributed by atoms with van der Waals surface area (Å²) in [6, 6.07) is 23.1. The van der Waals surface area contributed by atoms with Gasteiger partial charge in [0.15, 0.2) is 11.5 Å². The van der Waals surface area contributed by atoms with E-state index in [-0.39, 0.29) is 23.1 Å². The van der Waals surface area contributed by atoms with Crippen molar-refractivity contribution in [1.29, 1.82) is 5.26 Å². The predicted molar refractivity (Wildman–Crippen MR) is 133 cm³/mol. The molecule has 0 fully saturated rings. The van der Waals surface area contributed by atoms with Crippen molar-refractivity contribution in [2.45, 2.75) is 5.92 Å². The van der Waals surface area contributed by atoms with Gasteiger partial charge >= 0.3 is 5.97 Å². The number of methoxy groups -OCH3 is 1. The van der Waals surface area contributed by atoms with E-state index in [9.17, 15) is 10.1 Å². The summed E-state index contributed by atoms with van der Waals surface area (Å²) < 4.78 is 16.8. The van der Waals surface area contributed by atoms with Gasteiger partial charge in [-0.1, -0.05) is 48.0 Å². The molecule has 0 saturated carbocycles. The van der Waals surface area contributed by atoms with Crippen LogP contribution in [0.5, 0.6) is 17.4 Å². The van der Waals surface area contributed by atoms with Crippen molar-refractivity contribution < 1.29 is 19.0 Å². The van der Waals surface area contributed by atoms with Crippen LogP contribution < -0.4 is 19.9 Å². The van der Waals surface area contributed by atoms with Gasteiger partial charge in [0.2, 0.25) is 11.8 Å². The Bertz CT molecular complexity index is 1520. The van der Waals surface area contributed by atoms with E-state index in [0.717, 1.165) is 5.56 Å². The highest BCUT2D eigenvalue weighted by atomic mass is 35.5. The molecule has 3 N–H and O–H groups in total. The second-order valence-electron chi connectivity index (χ2n) is 7.91. The number of carbonyl (C=O) groups is 1. The largest absolute Gasteiger partial charge is 0.493 e. The van der Waals surface area contributed by atoms with Gasteiger partial charge in [-0.05, 0) is 42.0 Å². The molecular formula is C27H19ClN4O4. The van der Waals surface area contributed by atoms with Crippen molar-refractivity contribution in [3.63, 3.8) is 0 Å². The van der Waals surface area contributed by atoms with E-state index in [1.807, 2.05) is 18.2 Å². The maximum atomic E-state index is 12.6. The first-order chi connectivity index (χ1) is 17.5. The molecule has 0 bridgehead atoms. The van der Waals surface area contributed by atoms with E-state index < -0.39 is 11.9 Å². The summed E-state index contributed by atoms with van der Waals surface area (Å²) in [6.07, 6.45) is 0. The highest BCUT2D eigenvalue weighted by molar-refractivity contribution is 6.30. The van der Waals surface area contributed by atoms with E-state index in [1.54, 1.807) is 54.6 Å². The molecule has 0 radical (unpaired) electrons. The Labute approximate surface area is 211 Å². The number of hydrogen-bond donors (Lipinski definition) is 2. The number of aromatic amines is 1. The summed E-state index contributed by atoms with van der Waals surface area (Å²) in [4.78, 5) is 12.6. The van der Waals surface area contributed by atoms with Crippen LogP contribution in [0.1, 0.15) is 27.4 Å². The SMILES string of the molecule is COc1cc([C@@H]2C(C#N)=C(N)Oc3n[nH]c(-c4ccc(Cl)cc4)c32)ccc1OC(=O)c1ccccc1. The van der Waals surface area contributed by atoms with Gasteiger partial charge in [0, 0.05) is 10.6 Å². The zero-order valence-corrected chi connectivity index (χ0v) is 19.7. The minimum absolute atomic E-state index is 0.0392. The average Bonchev–Trinajstić information content (AvgIpc) is 3.32. The number of nitriles is 1. The van der Waals surface area contributed by atoms with Gasteiger partial charge in [0.05, 0.1) is 29.8 Å². The lowest BCUT2D eigenvalue weighted by atomic mass is 9.83. The smallest absolute Gasteiger partial charge is 0.343 e. The van der Waals surface area contributed by atoms with E-state index in [0.29, 0.717) is 33.2 Å². The van der Waals surface area contributed by atoms with E-state index >= 15 is 0 Å². The molecule has 1 aromatic heterocycles. The number of allylic oxidation sites excluding steroid dienone is 1. The number of carbonyl (C=O) groups excluding carboxylic acids is 1. The normalized spacial score (nSPS) is 14.4. The molecule has 9 heteroatoms. The lowest BCUT2D eigenvalue weighted by Crippen LogP contribution is -2.21. The van der Waals surface area contributed by atoms with Crippen LogP contribution in [0.3, 0.4) is 0 Å². The number of nitrogens with zero attached hydrogens (tertiary/aromatic N) is 2. The molecule has 178 valence electrons. The second-order valence-corrected chi connectivity index (χ2v) is 8.35. The molecule has 0 unspecified atom stereocenters. The van der Waals surface area contributed by atoms with E-state index in [2.05, 4.69) is 16.3 Å². The van der Waals surface area contributed by atoms with Crippen LogP contribution in [0.15, 0.2) is 84.3 Å². The van der Waals surface area contributed by atoms with Gasteiger partial charge in [-0.3, -0.25) is 5.10 Å². The molecule has 8 nitrogen and oxygen atoms in total. The molecule has 4 aromatic rings. The summed E-state index contributed by atoms with van der Waals surface area (Å²) in [5.74, 6) is -0.351. The minimum atomic E-state index is -0.615. The number of esters is 1. The Morgan fingerprint density at radius 2 is 1.86 bits per heavy atom. The lowest BCUT2D eigenvalue weighted by Gasteiger charge is -2.24. The van der Waals surface area contributed by atoms with Crippen LogP contribution in [-0.4, -0.2) is 23.3 Å². The van der Waals surface area contributed by atoms with Crippen LogP contribution >= 0.6 is 11.6 Å². The quantitative estimate of drug-likeness (QED) is 0.287. The average molecular weight is 499 g/mol. The van der Waals surface area contributed by atoms with Crippen LogP contribution in [0.2, 0.25) is 5.02 Å². The molecular weight excluding hydrogens is 480 g/mol. The van der Waals surface area contributed by atoms with Crippen LogP contribution in [-0.2, 0) is 0 Å². The Balaban J connectivity index is 1.58. The summed E-state index contributed by atoms with van der Waals surface area (Å²) in [7, 11) is 1.47. The Kier molecular flexibility index (Phi) is 6.07. The molecule has 0 amide bonds. The van der Waals surface area contributed by atoms with Gasteiger partial charge in [-0.15, -0.1) is 5.10 Å². The third kappa shape index (κ3) is 4.13. The van der Waals surface area contributed by atoms with Crippen molar-refractivity contribution in [1.82, 2.24) is 10.2 Å². The Morgan fingerprint density at radius 1 is 1.11 bits per heavy atom. The molecule has 0 saturated heterocycles. The molecule has 1 aliphatic rings. The highest BCUT2D eigenvalue weighted by Gasteiger charge is 2.36. The number of aromatic nitrogens is 2. The molecule has 0 aliphatic carbocycles. The maximum Gasteiger partial charge on any atom is 0.343 e. The number of rotatable bonds is 5. The number of ether oxygens (including phenoxy) is 3. The molecule has 1 atom stereocenters. The van der Waals surface area contributed by atoms with Crippen molar-refractivity contribution in [3.05, 3.63) is 106 Å². The topological polar surface area (TPSA) is 123 Å². The maximum absolute atomic E-state index is 12.6. The van der Waals surface area contributed by atoms with Crippen molar-refractivity contribution in [3.8, 4) is 34.7 Å². The third-order valence-corrected chi connectivity index (χ3v) is 6.06. The molecule has 3 aromatic carbocycles. The van der Waals surface area contributed by atoms with Gasteiger partial charge in [0.1, 0.15) is 11.6 Å². The van der Waals surface area contributed by atoms with Crippen molar-refractivity contribution in [2.24, 2.45) is 5.73 Å². The van der Waals surface area contributed by atoms with Crippen LogP contribution in [0, 0.1) is 11.3 Å². The zero-order valence-electron chi connectivity index (χ0n) is 19.0. The van der Waals surface area contributed by atoms with Crippen molar-refractivity contribution in [2.75, 3.05) is 7.11 Å². The molecule has 1 aliphatic heterocycles. The lowest BCUT2D eigenvalue weighted by molar-refractivity contribution is 0.0729. The Morgan fingerprint density at radius 3 is 2.56 bits per heavy atom. The number of hydrogen-bond acceptors (Lipinski definition) is 7. The molecule has 2 heterocycles. The van der Waals surface area contributed by atoms with E-state index in [1.165, 1.54) is 7.11 Å². The van der Waals surface area contributed by atoms with Crippen molar-refractivity contribution >= 4 is 17.6 Å². The number of halogens is 1. The summed E-state index contributed by atoms with van der Waals surface area (Å²) in [5, 5.41) is 17.8. The first-order valence-electron chi connectivity index (χ1n) is 10.9. The number of H-pyrrole nitrogens is 1. The minimum Gasteiger partial charge on any atom is -0.493 e. The van der Waals surface area contributed by atoms with Crippen LogP contribution in [0.25, 0.3) is 11.3 Å². The number of nitrogens with two attached hydrogens (primary N) is 1. The third-order valence-electron chi connectivity index (χ3n) is 5.80. The first kappa shape index (κ1) is 23.0. The number of fused-ring (bicyclic) bond motifs is 1. The summed E-state index contributed by atoms with van der Waals surface area (Å²) in [6.45, 7) is 0. The Hall–Kier alpha value is -4.74. The predicted octanol–water partition coefficient (Wildman–Crippen LogP) is 5.18. The molecule has 36 heavy (non-hydrogen) atoms. The standard InChI is InChI=1S/C27H19ClN4O4/c1-34-21-13-17(9-12-20(21)35-27(33)16-5-3-2-4-6-16)22-19(14-29)25(30)36-26-23(22)24(31-32-26)15-7-10-18(28)11-8-15/h2-13,22H,30H2,1H3,(H,31,32)/t22-/m1/s1. The van der Waals surface area contributed by atoms with Gasteiger partial charge in [-0.25, -0.2) is 4.79 Å². The summed E-state index contributed by atoms with van der Waals surface area (Å²) >= 11 is 6.06. The fraction of sp³-hybridized carbons (Fsp3) is 0.0741. The fourth-order valence-corrected chi connectivity index (χ4v) is 4.22. The van der Waals surface area contributed by atoms with Crippen LogP contribution in [0.4, 0.5) is 0 Å². The molecule has 0 spiro atoms. The summed E-state index contributed by atoms with van der Waals surface area (Å²) in [5.41, 5.74) is 9.49. The molecule has 5 rings (SSSR count). The fourth-order valence-electron chi connectivity index (χ4n) is 4.10. The van der Waals surface area contributed by atoms with Gasteiger partial charge in [-0.2, -0.15) is 5.26 Å². The van der Waals surface area contributed by atoms with E-state index in [4.69, 9.17) is 31.5 Å². The number of benzene rings is 3. The highest BCUT2D eigenvalue weighted by Crippen LogP contribution is 2.47.